The van der Waals surface area contributed by atoms with Crippen molar-refractivity contribution in [1.29, 1.82) is 5.26 Å². The van der Waals surface area contributed by atoms with Gasteiger partial charge < -0.3 is 10.7 Å². The number of nitrogens with one attached hydrogen (secondary N) is 2. The van der Waals surface area contributed by atoms with Crippen LogP contribution in [0.3, 0.4) is 0 Å². The Hall–Kier alpha value is -4.54. The lowest BCUT2D eigenvalue weighted by molar-refractivity contribution is 1.00. The van der Waals surface area contributed by atoms with E-state index in [4.69, 9.17) is 10.8 Å². The largest absolute Gasteiger partial charge is 0.383 e. The molecule has 182 valence electrons. The first-order valence-electron chi connectivity index (χ1n) is 11.9. The van der Waals surface area contributed by atoms with Gasteiger partial charge in [0.05, 0.1) is 22.2 Å². The average molecular weight is 503 g/mol. The van der Waals surface area contributed by atoms with E-state index in [0.29, 0.717) is 10.7 Å². The van der Waals surface area contributed by atoms with Crippen LogP contribution in [-0.2, 0) is 0 Å². The van der Waals surface area contributed by atoms with Crippen molar-refractivity contribution in [3.05, 3.63) is 119 Å². The Kier molecular flexibility index (Phi) is 6.93. The number of hydrogen-bond acceptors (Lipinski definition) is 6. The molecule has 1 unspecified atom stereocenters. The summed E-state index contributed by atoms with van der Waals surface area (Å²) < 4.78 is 0. The molecule has 7 heteroatoms. The first kappa shape index (κ1) is 24.2. The Bertz CT molecular complexity index is 1540. The van der Waals surface area contributed by atoms with Crippen LogP contribution in [0.2, 0.25) is 0 Å². The van der Waals surface area contributed by atoms with Gasteiger partial charge in [-0.2, -0.15) is 10.4 Å². The fourth-order valence-corrected chi connectivity index (χ4v) is 5.57. The van der Waals surface area contributed by atoms with E-state index in [2.05, 4.69) is 52.7 Å². The second kappa shape index (κ2) is 10.6. The van der Waals surface area contributed by atoms with Crippen molar-refractivity contribution >= 4 is 22.6 Å². The van der Waals surface area contributed by atoms with Gasteiger partial charge in [-0.05, 0) is 30.5 Å². The van der Waals surface area contributed by atoms with E-state index in [-0.39, 0.29) is 11.1 Å². The average Bonchev–Trinajstić information content (AvgIpc) is 3.30. The van der Waals surface area contributed by atoms with Crippen LogP contribution in [0.25, 0.3) is 22.4 Å². The maximum atomic E-state index is 9.69. The summed E-state index contributed by atoms with van der Waals surface area (Å²) in [4.78, 5) is 8.01. The summed E-state index contributed by atoms with van der Waals surface area (Å²) in [5.41, 5.74) is 17.9. The van der Waals surface area contributed by atoms with Gasteiger partial charge in [-0.15, -0.1) is 0 Å². The monoisotopic (exact) mass is 502 g/mol. The number of aliphatic imine (C=N–C) groups is 1. The number of aromatic nitrogens is 1. The molecule has 0 spiro atoms. The minimum atomic E-state index is -0.250. The number of amidine groups is 1. The number of hydrogen-bond donors (Lipinski definition) is 3. The summed E-state index contributed by atoms with van der Waals surface area (Å²) in [7, 11) is 0. The van der Waals surface area contributed by atoms with Crippen molar-refractivity contribution in [1.82, 2.24) is 10.4 Å². The third kappa shape index (κ3) is 4.92. The van der Waals surface area contributed by atoms with E-state index in [1.165, 1.54) is 11.8 Å². The molecule has 0 radical (unpaired) electrons. The van der Waals surface area contributed by atoms with Crippen molar-refractivity contribution in [3.63, 3.8) is 0 Å². The Balaban J connectivity index is 1.52. The van der Waals surface area contributed by atoms with E-state index < -0.39 is 0 Å². The van der Waals surface area contributed by atoms with Crippen LogP contribution in [0, 0.1) is 18.3 Å². The minimum Gasteiger partial charge on any atom is -0.383 e. The molecule has 0 saturated heterocycles. The molecule has 0 bridgehead atoms. The lowest BCUT2D eigenvalue weighted by Crippen LogP contribution is -2.23. The predicted octanol–water partition coefficient (Wildman–Crippen LogP) is 6.51. The summed E-state index contributed by atoms with van der Waals surface area (Å²) in [6.07, 6.45) is 0. The second-order valence-corrected chi connectivity index (χ2v) is 9.75. The zero-order valence-corrected chi connectivity index (χ0v) is 21.4. The minimum absolute atomic E-state index is 0.208. The van der Waals surface area contributed by atoms with Crippen LogP contribution in [0.1, 0.15) is 29.0 Å². The van der Waals surface area contributed by atoms with Crippen molar-refractivity contribution in [2.75, 3.05) is 0 Å². The molecule has 37 heavy (non-hydrogen) atoms. The molecule has 5 rings (SSSR count). The van der Waals surface area contributed by atoms with Gasteiger partial charge in [0, 0.05) is 16.8 Å². The number of nitriles is 1. The number of thioether (sulfide) groups is 1. The molecular weight excluding hydrogens is 476 g/mol. The molecule has 1 aromatic heterocycles. The van der Waals surface area contributed by atoms with E-state index in [0.717, 1.165) is 44.9 Å². The quantitative estimate of drug-likeness (QED) is 0.214. The van der Waals surface area contributed by atoms with Gasteiger partial charge in [0.2, 0.25) is 0 Å². The fraction of sp³-hybridized carbons (Fsp3) is 0.100. The van der Waals surface area contributed by atoms with Gasteiger partial charge in [-0.3, -0.25) is 5.43 Å². The molecule has 2 heterocycles. The highest BCUT2D eigenvalue weighted by atomic mass is 32.2. The van der Waals surface area contributed by atoms with Crippen LogP contribution in [0.15, 0.2) is 112 Å². The van der Waals surface area contributed by atoms with E-state index >= 15 is 0 Å². The van der Waals surface area contributed by atoms with Gasteiger partial charge in [-0.1, -0.05) is 103 Å². The van der Waals surface area contributed by atoms with Crippen LogP contribution in [0.4, 0.5) is 0 Å². The normalized spacial score (nSPS) is 15.8. The maximum absolute atomic E-state index is 9.69. The molecule has 0 aliphatic carbocycles. The van der Waals surface area contributed by atoms with Crippen LogP contribution in [0.5, 0.6) is 0 Å². The summed E-state index contributed by atoms with van der Waals surface area (Å²) in [5.74, 6) is 0.208. The van der Waals surface area contributed by atoms with E-state index in [9.17, 15) is 5.26 Å². The van der Waals surface area contributed by atoms with Crippen LogP contribution < -0.4 is 11.2 Å². The lowest BCUT2D eigenvalue weighted by atomic mass is 9.95. The number of nitrogens with two attached hydrogens (primary N) is 1. The molecule has 6 nitrogen and oxygen atoms in total. The third-order valence-corrected chi connectivity index (χ3v) is 7.36. The smallest absolute Gasteiger partial charge is 0.184 e. The number of H-pyrrole nitrogens is 1. The topological polar surface area (TPSA) is 102 Å². The summed E-state index contributed by atoms with van der Waals surface area (Å²) >= 11 is 1.43. The highest BCUT2D eigenvalue weighted by Gasteiger charge is 2.27. The summed E-state index contributed by atoms with van der Waals surface area (Å²) in [6.45, 7) is 4.04. The van der Waals surface area contributed by atoms with Crippen molar-refractivity contribution in [2.24, 2.45) is 15.8 Å². The highest BCUT2D eigenvalue weighted by molar-refractivity contribution is 8.14. The molecule has 0 fully saturated rings. The van der Waals surface area contributed by atoms with Crippen molar-refractivity contribution in [2.45, 2.75) is 19.1 Å². The van der Waals surface area contributed by atoms with Crippen molar-refractivity contribution < 1.29 is 0 Å². The molecule has 4 aromatic rings. The van der Waals surface area contributed by atoms with Gasteiger partial charge in [0.15, 0.2) is 5.17 Å². The zero-order chi connectivity index (χ0) is 25.8. The molecule has 0 amide bonds. The molecule has 1 aliphatic rings. The van der Waals surface area contributed by atoms with Gasteiger partial charge >= 0.3 is 0 Å². The molecular formula is C30H26N6S. The Morgan fingerprint density at radius 1 is 0.973 bits per heavy atom. The number of hydrazone groups is 1. The Labute approximate surface area is 220 Å². The Morgan fingerprint density at radius 2 is 1.57 bits per heavy atom. The van der Waals surface area contributed by atoms with E-state index in [1.807, 2.05) is 73.7 Å². The second-order valence-electron chi connectivity index (χ2n) is 8.65. The number of rotatable bonds is 5. The highest BCUT2D eigenvalue weighted by Crippen LogP contribution is 2.40. The molecule has 4 N–H and O–H groups in total. The zero-order valence-electron chi connectivity index (χ0n) is 20.6. The number of aryl methyl sites for hydroxylation is 1. The fourth-order valence-electron chi connectivity index (χ4n) is 4.51. The van der Waals surface area contributed by atoms with Crippen LogP contribution >= 0.6 is 11.8 Å². The summed E-state index contributed by atoms with van der Waals surface area (Å²) in [5, 5.41) is 14.7. The van der Waals surface area contributed by atoms with Gasteiger partial charge in [0.25, 0.3) is 0 Å². The maximum Gasteiger partial charge on any atom is 0.184 e. The first-order chi connectivity index (χ1) is 18.1. The molecule has 1 aliphatic heterocycles. The number of benzene rings is 3. The van der Waals surface area contributed by atoms with Crippen LogP contribution in [-0.4, -0.2) is 15.9 Å². The number of aromatic amines is 1. The Morgan fingerprint density at radius 3 is 2.19 bits per heavy atom. The third-order valence-electron chi connectivity index (χ3n) is 6.21. The lowest BCUT2D eigenvalue weighted by Gasteiger charge is -2.22. The van der Waals surface area contributed by atoms with Gasteiger partial charge in [-0.25, -0.2) is 4.99 Å². The molecule has 0 saturated carbocycles. The van der Waals surface area contributed by atoms with E-state index in [1.54, 1.807) is 0 Å². The predicted molar refractivity (Wildman–Crippen MR) is 153 cm³/mol. The van der Waals surface area contributed by atoms with Gasteiger partial charge in [0.1, 0.15) is 11.9 Å². The van der Waals surface area contributed by atoms with Crippen molar-refractivity contribution in [3.8, 4) is 28.5 Å². The molecule has 1 atom stereocenters. The SMILES string of the molecule is C/C(=N\NC1=NC(N)=C(C#N)C(c2ccccc2)S1)c1c(C)[nH]c(-c2ccccc2)c1-c1ccccc1. The number of nitrogens with zero attached hydrogens (tertiary/aromatic N) is 3. The molecule has 3 aromatic carbocycles. The standard InChI is InChI=1S/C30H26N6S/c1-19-25(26(21-12-6-3-7-13-21)27(33-19)22-14-8-4-9-15-22)20(2)35-36-30-34-29(32)24(18-31)28(37-30)23-16-10-5-11-17-23/h3-17,28,33H,32H2,1-2H3,(H,34,36)/b35-20+. The summed E-state index contributed by atoms with van der Waals surface area (Å²) in [6, 6.07) is 32.7. The first-order valence-corrected chi connectivity index (χ1v) is 12.8.